The number of aromatic hydroxyl groups is 1. The second-order valence-corrected chi connectivity index (χ2v) is 4.90. The zero-order valence-electron chi connectivity index (χ0n) is 12.0. The number of rotatable bonds is 5. The molecule has 112 valence electrons. The highest BCUT2D eigenvalue weighted by molar-refractivity contribution is 5.67. The van der Waals surface area contributed by atoms with Crippen molar-refractivity contribution in [3.63, 3.8) is 0 Å². The van der Waals surface area contributed by atoms with Crippen LogP contribution in [0.15, 0.2) is 39.9 Å². The topological polar surface area (TPSA) is 84.3 Å². The molecule has 2 rings (SSSR count). The lowest BCUT2D eigenvalue weighted by Crippen LogP contribution is -2.32. The highest BCUT2D eigenvalue weighted by atomic mass is 16.5. The van der Waals surface area contributed by atoms with Crippen molar-refractivity contribution in [2.75, 3.05) is 6.61 Å². The molecular formula is C15H18N2O4. The number of benzene rings is 1. The summed E-state index contributed by atoms with van der Waals surface area (Å²) in [6, 6.07) is 8.71. The highest BCUT2D eigenvalue weighted by Crippen LogP contribution is 2.23. The van der Waals surface area contributed by atoms with Gasteiger partial charge in [0.1, 0.15) is 5.56 Å². The summed E-state index contributed by atoms with van der Waals surface area (Å²) < 4.78 is 6.47. The van der Waals surface area contributed by atoms with Gasteiger partial charge in [0.2, 0.25) is 5.88 Å². The van der Waals surface area contributed by atoms with Crippen LogP contribution in [0, 0.1) is 0 Å². The number of aromatic nitrogens is 2. The van der Waals surface area contributed by atoms with Crippen LogP contribution in [-0.4, -0.2) is 27.4 Å². The van der Waals surface area contributed by atoms with E-state index in [4.69, 9.17) is 4.74 Å². The fourth-order valence-electron chi connectivity index (χ4n) is 2.01. The summed E-state index contributed by atoms with van der Waals surface area (Å²) in [6.07, 6.45) is 0.0270. The second-order valence-electron chi connectivity index (χ2n) is 4.90. The highest BCUT2D eigenvalue weighted by Gasteiger charge is 2.15. The Morgan fingerprint density at radius 1 is 1.24 bits per heavy atom. The molecule has 0 radical (unpaired) electrons. The molecule has 0 fully saturated rings. The molecule has 0 aliphatic heterocycles. The molecule has 1 aromatic carbocycles. The summed E-state index contributed by atoms with van der Waals surface area (Å²) in [5, 5.41) is 10.3. The van der Waals surface area contributed by atoms with Gasteiger partial charge in [-0.1, -0.05) is 30.3 Å². The smallest absolute Gasteiger partial charge is 0.331 e. The maximum atomic E-state index is 11.9. The van der Waals surface area contributed by atoms with Crippen LogP contribution in [0.2, 0.25) is 0 Å². The first-order valence-corrected chi connectivity index (χ1v) is 6.74. The largest absolute Gasteiger partial charge is 0.494 e. The minimum Gasteiger partial charge on any atom is -0.494 e. The Hall–Kier alpha value is -2.34. The Labute approximate surface area is 121 Å². The molecule has 6 heteroatoms. The number of hydrogen-bond acceptors (Lipinski definition) is 4. The van der Waals surface area contributed by atoms with Gasteiger partial charge in [0.05, 0.1) is 19.3 Å². The predicted molar refractivity (Wildman–Crippen MR) is 79.5 cm³/mol. The van der Waals surface area contributed by atoms with Crippen LogP contribution < -0.4 is 11.2 Å². The molecule has 0 amide bonds. The van der Waals surface area contributed by atoms with E-state index in [1.807, 2.05) is 13.8 Å². The molecule has 0 saturated heterocycles. The van der Waals surface area contributed by atoms with Crippen LogP contribution in [-0.2, 0) is 11.3 Å². The summed E-state index contributed by atoms with van der Waals surface area (Å²) in [5.74, 6) is -0.345. The van der Waals surface area contributed by atoms with E-state index >= 15 is 0 Å². The number of aromatic amines is 1. The number of ether oxygens (including phenoxy) is 1. The first-order chi connectivity index (χ1) is 10.0. The van der Waals surface area contributed by atoms with E-state index in [9.17, 15) is 14.7 Å². The first-order valence-electron chi connectivity index (χ1n) is 6.74. The monoisotopic (exact) mass is 290 g/mol. The molecule has 0 atom stereocenters. The molecule has 0 bridgehead atoms. The average Bonchev–Trinajstić information content (AvgIpc) is 2.43. The molecule has 0 unspecified atom stereocenters. The molecule has 0 aliphatic rings. The third-order valence-electron chi connectivity index (χ3n) is 3.00. The van der Waals surface area contributed by atoms with Gasteiger partial charge in [-0.15, -0.1) is 0 Å². The van der Waals surface area contributed by atoms with Gasteiger partial charge in [-0.25, -0.2) is 4.79 Å². The number of nitrogens with zero attached hydrogens (tertiary/aromatic N) is 1. The lowest BCUT2D eigenvalue weighted by atomic mass is 10.1. The van der Waals surface area contributed by atoms with Crippen molar-refractivity contribution in [3.05, 3.63) is 51.2 Å². The van der Waals surface area contributed by atoms with Crippen LogP contribution in [0.5, 0.6) is 5.88 Å². The van der Waals surface area contributed by atoms with Crippen molar-refractivity contribution in [1.29, 1.82) is 0 Å². The van der Waals surface area contributed by atoms with Gasteiger partial charge in [0.25, 0.3) is 5.56 Å². The van der Waals surface area contributed by atoms with Crippen molar-refractivity contribution >= 4 is 0 Å². The normalized spacial score (nSPS) is 11.0. The van der Waals surface area contributed by atoms with E-state index in [0.29, 0.717) is 5.56 Å². The van der Waals surface area contributed by atoms with E-state index in [1.54, 1.807) is 30.3 Å². The third-order valence-corrected chi connectivity index (χ3v) is 3.00. The minimum atomic E-state index is -0.649. The maximum Gasteiger partial charge on any atom is 0.331 e. The predicted octanol–water partition coefficient (Wildman–Crippen LogP) is 1.33. The zero-order chi connectivity index (χ0) is 15.4. The molecule has 21 heavy (non-hydrogen) atoms. The van der Waals surface area contributed by atoms with E-state index in [2.05, 4.69) is 4.98 Å². The fourth-order valence-corrected chi connectivity index (χ4v) is 2.01. The van der Waals surface area contributed by atoms with Gasteiger partial charge in [0, 0.05) is 0 Å². The Kier molecular flexibility index (Phi) is 4.59. The van der Waals surface area contributed by atoms with Gasteiger partial charge in [-0.3, -0.25) is 14.3 Å². The summed E-state index contributed by atoms with van der Waals surface area (Å²) in [6.45, 7) is 4.20. The summed E-state index contributed by atoms with van der Waals surface area (Å²) >= 11 is 0. The average molecular weight is 290 g/mol. The van der Waals surface area contributed by atoms with Gasteiger partial charge in [-0.05, 0) is 19.4 Å². The Morgan fingerprint density at radius 3 is 2.52 bits per heavy atom. The quantitative estimate of drug-likeness (QED) is 0.870. The molecular weight excluding hydrogens is 272 g/mol. The van der Waals surface area contributed by atoms with Crippen LogP contribution in [0.4, 0.5) is 0 Å². The van der Waals surface area contributed by atoms with Crippen molar-refractivity contribution in [2.24, 2.45) is 0 Å². The second kappa shape index (κ2) is 6.41. The van der Waals surface area contributed by atoms with E-state index in [0.717, 1.165) is 4.57 Å². The van der Waals surface area contributed by atoms with Crippen LogP contribution >= 0.6 is 0 Å². The van der Waals surface area contributed by atoms with Gasteiger partial charge in [0.15, 0.2) is 0 Å². The molecule has 2 N–H and O–H groups in total. The third kappa shape index (κ3) is 3.41. The molecule has 1 aromatic heterocycles. The summed E-state index contributed by atoms with van der Waals surface area (Å²) in [7, 11) is 0. The van der Waals surface area contributed by atoms with Crippen molar-refractivity contribution in [1.82, 2.24) is 9.55 Å². The lowest BCUT2D eigenvalue weighted by Gasteiger charge is -2.12. The summed E-state index contributed by atoms with van der Waals surface area (Å²) in [5.41, 5.74) is -0.621. The Bertz CT molecular complexity index is 717. The first kappa shape index (κ1) is 15.1. The molecule has 2 aromatic rings. The van der Waals surface area contributed by atoms with Gasteiger partial charge in [-0.2, -0.15) is 0 Å². The number of nitrogens with one attached hydrogen (secondary N) is 1. The van der Waals surface area contributed by atoms with Crippen molar-refractivity contribution in [2.45, 2.75) is 26.5 Å². The zero-order valence-corrected chi connectivity index (χ0v) is 12.0. The maximum absolute atomic E-state index is 11.9. The Balaban J connectivity index is 2.44. The van der Waals surface area contributed by atoms with Gasteiger partial charge >= 0.3 is 5.69 Å². The summed E-state index contributed by atoms with van der Waals surface area (Å²) in [4.78, 5) is 26.0. The molecule has 0 spiro atoms. The SMILES string of the molecule is CC(C)OCCn1c(O)c(-c2ccccc2)c(=O)[nH]c1=O. The number of H-pyrrole nitrogens is 1. The van der Waals surface area contributed by atoms with Crippen LogP contribution in [0.25, 0.3) is 11.1 Å². The van der Waals surface area contributed by atoms with Crippen molar-refractivity contribution < 1.29 is 9.84 Å². The van der Waals surface area contributed by atoms with Crippen LogP contribution in [0.3, 0.4) is 0 Å². The minimum absolute atomic E-state index is 0.0270. The molecule has 0 aliphatic carbocycles. The van der Waals surface area contributed by atoms with Crippen molar-refractivity contribution in [3.8, 4) is 17.0 Å². The van der Waals surface area contributed by atoms with Crippen LogP contribution in [0.1, 0.15) is 13.8 Å². The number of hydrogen-bond donors (Lipinski definition) is 2. The lowest BCUT2D eigenvalue weighted by molar-refractivity contribution is 0.0707. The van der Waals surface area contributed by atoms with E-state index in [-0.39, 0.29) is 30.7 Å². The standard InChI is InChI=1S/C15H18N2O4/c1-10(2)21-9-8-17-14(19)12(13(18)16-15(17)20)11-6-4-3-5-7-11/h3-7,10,19H,8-9H2,1-2H3,(H,16,18,20). The fraction of sp³-hybridized carbons (Fsp3) is 0.333. The van der Waals surface area contributed by atoms with Gasteiger partial charge < -0.3 is 9.84 Å². The van der Waals surface area contributed by atoms with E-state index in [1.165, 1.54) is 0 Å². The van der Waals surface area contributed by atoms with E-state index < -0.39 is 11.2 Å². The molecule has 6 nitrogen and oxygen atoms in total. The molecule has 1 heterocycles. The Morgan fingerprint density at radius 2 is 1.90 bits per heavy atom. The molecule has 0 saturated carbocycles.